The van der Waals surface area contributed by atoms with Gasteiger partial charge in [0.25, 0.3) is 11.8 Å². The SMILES string of the molecule is O=C(c1ccc(-c2ccc(F)cc2Cl)cc1)N1CCC(F)(F)CC1. The molecule has 1 amide bonds. The van der Waals surface area contributed by atoms with E-state index in [2.05, 4.69) is 0 Å². The van der Waals surface area contributed by atoms with Crippen LogP contribution in [0.3, 0.4) is 0 Å². The van der Waals surface area contributed by atoms with Gasteiger partial charge in [-0.2, -0.15) is 0 Å². The van der Waals surface area contributed by atoms with E-state index in [9.17, 15) is 18.0 Å². The molecule has 1 aliphatic heterocycles. The fraction of sp³-hybridized carbons (Fsp3) is 0.278. The molecule has 0 N–H and O–H groups in total. The van der Waals surface area contributed by atoms with Crippen LogP contribution in [0.15, 0.2) is 42.5 Å². The molecule has 24 heavy (non-hydrogen) atoms. The van der Waals surface area contributed by atoms with Gasteiger partial charge in [0.1, 0.15) is 5.82 Å². The van der Waals surface area contributed by atoms with Crippen LogP contribution in [0.1, 0.15) is 23.2 Å². The molecule has 0 aromatic heterocycles. The van der Waals surface area contributed by atoms with Crippen molar-refractivity contribution in [2.75, 3.05) is 13.1 Å². The number of carbonyl (C=O) groups is 1. The highest BCUT2D eigenvalue weighted by Crippen LogP contribution is 2.30. The molecule has 0 bridgehead atoms. The Bertz CT molecular complexity index is 751. The molecule has 2 nitrogen and oxygen atoms in total. The maximum absolute atomic E-state index is 13.2. The summed E-state index contributed by atoms with van der Waals surface area (Å²) in [6.07, 6.45) is -0.607. The second-order valence-corrected chi connectivity index (χ2v) is 6.26. The number of carbonyl (C=O) groups excluding carboxylic acids is 1. The third kappa shape index (κ3) is 3.56. The van der Waals surface area contributed by atoms with Gasteiger partial charge in [0.2, 0.25) is 0 Å². The third-order valence-electron chi connectivity index (χ3n) is 4.16. The zero-order chi connectivity index (χ0) is 17.3. The van der Waals surface area contributed by atoms with Gasteiger partial charge in [-0.3, -0.25) is 4.79 Å². The highest BCUT2D eigenvalue weighted by Gasteiger charge is 2.35. The van der Waals surface area contributed by atoms with E-state index in [0.29, 0.717) is 11.1 Å². The average Bonchev–Trinajstić information content (AvgIpc) is 2.54. The summed E-state index contributed by atoms with van der Waals surface area (Å²) in [5.41, 5.74) is 1.85. The number of piperidine rings is 1. The summed E-state index contributed by atoms with van der Waals surface area (Å²) in [7, 11) is 0. The predicted octanol–water partition coefficient (Wildman–Crippen LogP) is 5.02. The number of nitrogens with zero attached hydrogens (tertiary/aromatic N) is 1. The number of alkyl halides is 2. The van der Waals surface area contributed by atoms with Crippen molar-refractivity contribution in [2.45, 2.75) is 18.8 Å². The Hall–Kier alpha value is -2.01. The van der Waals surface area contributed by atoms with Crippen LogP contribution in [0.5, 0.6) is 0 Å². The second kappa shape index (κ2) is 6.48. The summed E-state index contributed by atoms with van der Waals surface area (Å²) in [6.45, 7) is 0.106. The molecule has 2 aromatic rings. The van der Waals surface area contributed by atoms with Crippen LogP contribution >= 0.6 is 11.6 Å². The van der Waals surface area contributed by atoms with E-state index >= 15 is 0 Å². The van der Waals surface area contributed by atoms with E-state index < -0.39 is 11.7 Å². The summed E-state index contributed by atoms with van der Waals surface area (Å²) in [4.78, 5) is 13.8. The molecule has 1 saturated heterocycles. The van der Waals surface area contributed by atoms with E-state index in [4.69, 9.17) is 11.6 Å². The molecule has 0 unspecified atom stereocenters. The lowest BCUT2D eigenvalue weighted by molar-refractivity contribution is -0.0494. The normalized spacial score (nSPS) is 16.9. The molecule has 6 heteroatoms. The quantitative estimate of drug-likeness (QED) is 0.742. The third-order valence-corrected chi connectivity index (χ3v) is 4.47. The Morgan fingerprint density at radius 1 is 1.04 bits per heavy atom. The molecule has 1 fully saturated rings. The molecule has 1 aliphatic rings. The number of hydrogen-bond acceptors (Lipinski definition) is 1. The molecule has 0 atom stereocenters. The number of hydrogen-bond donors (Lipinski definition) is 0. The first-order chi connectivity index (χ1) is 11.4. The van der Waals surface area contributed by atoms with Crippen LogP contribution in [0.4, 0.5) is 13.2 Å². The minimum absolute atomic E-state index is 0.0530. The molecule has 2 aromatic carbocycles. The first-order valence-electron chi connectivity index (χ1n) is 7.58. The summed E-state index contributed by atoms with van der Waals surface area (Å²) >= 11 is 6.03. The van der Waals surface area contributed by atoms with E-state index in [1.807, 2.05) is 0 Å². The first-order valence-corrected chi connectivity index (χ1v) is 7.96. The van der Waals surface area contributed by atoms with Crippen molar-refractivity contribution >= 4 is 17.5 Å². The second-order valence-electron chi connectivity index (χ2n) is 5.85. The lowest BCUT2D eigenvalue weighted by Crippen LogP contribution is -2.42. The van der Waals surface area contributed by atoms with E-state index in [0.717, 1.165) is 5.56 Å². The van der Waals surface area contributed by atoms with Crippen LogP contribution in [0, 0.1) is 5.82 Å². The maximum atomic E-state index is 13.2. The smallest absolute Gasteiger partial charge is 0.253 e. The Labute approximate surface area is 142 Å². The van der Waals surface area contributed by atoms with Gasteiger partial charge in [-0.15, -0.1) is 0 Å². The highest BCUT2D eigenvalue weighted by molar-refractivity contribution is 6.33. The Morgan fingerprint density at radius 2 is 1.67 bits per heavy atom. The van der Waals surface area contributed by atoms with Crippen molar-refractivity contribution in [3.63, 3.8) is 0 Å². The lowest BCUT2D eigenvalue weighted by atomic mass is 10.0. The van der Waals surface area contributed by atoms with Gasteiger partial charge >= 0.3 is 0 Å². The number of likely N-dealkylation sites (tertiary alicyclic amines) is 1. The summed E-state index contributed by atoms with van der Waals surface area (Å²) in [5, 5.41) is 0.285. The average molecular weight is 354 g/mol. The van der Waals surface area contributed by atoms with Crippen LogP contribution in [-0.4, -0.2) is 29.8 Å². The molecule has 0 spiro atoms. The molecule has 0 saturated carbocycles. The van der Waals surface area contributed by atoms with Crippen molar-refractivity contribution < 1.29 is 18.0 Å². The van der Waals surface area contributed by atoms with Gasteiger partial charge in [-0.1, -0.05) is 23.7 Å². The van der Waals surface area contributed by atoms with Crippen molar-refractivity contribution in [2.24, 2.45) is 0 Å². The predicted molar refractivity (Wildman–Crippen MR) is 86.9 cm³/mol. The minimum Gasteiger partial charge on any atom is -0.338 e. The fourth-order valence-corrected chi connectivity index (χ4v) is 3.01. The fourth-order valence-electron chi connectivity index (χ4n) is 2.74. The van der Waals surface area contributed by atoms with Crippen LogP contribution in [0.25, 0.3) is 11.1 Å². The molecule has 126 valence electrons. The number of rotatable bonds is 2. The molecule has 0 aliphatic carbocycles. The maximum Gasteiger partial charge on any atom is 0.253 e. The van der Waals surface area contributed by atoms with Crippen molar-refractivity contribution in [1.29, 1.82) is 0 Å². The summed E-state index contributed by atoms with van der Waals surface area (Å²) in [6, 6.07) is 10.8. The summed E-state index contributed by atoms with van der Waals surface area (Å²) in [5.74, 6) is -3.36. The minimum atomic E-state index is -2.68. The Morgan fingerprint density at radius 3 is 2.25 bits per heavy atom. The van der Waals surface area contributed by atoms with Crippen molar-refractivity contribution in [1.82, 2.24) is 4.90 Å². The topological polar surface area (TPSA) is 20.3 Å². The van der Waals surface area contributed by atoms with Crippen LogP contribution in [0.2, 0.25) is 5.02 Å². The zero-order valence-electron chi connectivity index (χ0n) is 12.7. The number of halogens is 4. The highest BCUT2D eigenvalue weighted by atomic mass is 35.5. The van der Waals surface area contributed by atoms with Gasteiger partial charge in [-0.25, -0.2) is 13.2 Å². The molecule has 0 radical (unpaired) electrons. The van der Waals surface area contributed by atoms with E-state index in [1.54, 1.807) is 30.3 Å². The number of benzene rings is 2. The largest absolute Gasteiger partial charge is 0.338 e. The standard InChI is InChI=1S/C18H15ClF3NO/c19-16-11-14(20)5-6-15(16)12-1-3-13(4-2-12)17(24)23-9-7-18(21,22)8-10-23/h1-6,11H,7-10H2. The lowest BCUT2D eigenvalue weighted by Gasteiger charge is -2.31. The van der Waals surface area contributed by atoms with Crippen LogP contribution < -0.4 is 0 Å². The Kier molecular flexibility index (Phi) is 4.54. The summed E-state index contributed by atoms with van der Waals surface area (Å²) < 4.78 is 39.5. The zero-order valence-corrected chi connectivity index (χ0v) is 13.5. The molecule has 1 heterocycles. The molecule has 3 rings (SSSR count). The molecular weight excluding hydrogens is 339 g/mol. The van der Waals surface area contributed by atoms with Gasteiger partial charge in [0, 0.05) is 37.1 Å². The van der Waals surface area contributed by atoms with Crippen molar-refractivity contribution in [3.8, 4) is 11.1 Å². The van der Waals surface area contributed by atoms with E-state index in [-0.39, 0.29) is 36.9 Å². The van der Waals surface area contributed by atoms with Crippen LogP contribution in [-0.2, 0) is 0 Å². The monoisotopic (exact) mass is 353 g/mol. The van der Waals surface area contributed by atoms with Gasteiger partial charge in [0.05, 0.1) is 5.02 Å². The van der Waals surface area contributed by atoms with Gasteiger partial charge in [-0.05, 0) is 35.9 Å². The van der Waals surface area contributed by atoms with Gasteiger partial charge in [0.15, 0.2) is 0 Å². The van der Waals surface area contributed by atoms with Gasteiger partial charge < -0.3 is 4.90 Å². The Balaban J connectivity index is 1.76. The first kappa shape index (κ1) is 16.8. The van der Waals surface area contributed by atoms with Crippen molar-refractivity contribution in [3.05, 3.63) is 58.9 Å². The molecular formula is C18H15ClF3NO. The van der Waals surface area contributed by atoms with E-state index in [1.165, 1.54) is 17.0 Å². The number of amides is 1.